The molecule has 2 heteroatoms. The van der Waals surface area contributed by atoms with Crippen LogP contribution in [0.4, 0.5) is 0 Å². The van der Waals surface area contributed by atoms with E-state index in [1.165, 1.54) is 73.6 Å². The lowest BCUT2D eigenvalue weighted by Gasteiger charge is -2.34. The van der Waals surface area contributed by atoms with Gasteiger partial charge in [-0.2, -0.15) is 0 Å². The molecule has 2 saturated carbocycles. The Balaban J connectivity index is 1.10. The summed E-state index contributed by atoms with van der Waals surface area (Å²) in [7, 11) is 0. The first-order valence-electron chi connectivity index (χ1n) is 16.7. The lowest BCUT2D eigenvalue weighted by Crippen LogP contribution is -2.19. The topological polar surface area (TPSA) is 40.5 Å². The quantitative estimate of drug-likeness (QED) is 0.220. The minimum Gasteiger partial charge on any atom is -0.508 e. The van der Waals surface area contributed by atoms with Gasteiger partial charge in [0.05, 0.1) is 0 Å². The fourth-order valence-corrected chi connectivity index (χ4v) is 8.20. The van der Waals surface area contributed by atoms with E-state index in [1.54, 1.807) is 0 Å². The molecule has 0 aromatic heterocycles. The molecule has 2 aliphatic carbocycles. The molecule has 0 spiro atoms. The smallest absolute Gasteiger partial charge is 0.119 e. The first-order chi connectivity index (χ1) is 21.0. The highest BCUT2D eigenvalue weighted by Crippen LogP contribution is 2.45. The highest BCUT2D eigenvalue weighted by atomic mass is 16.3. The van der Waals surface area contributed by atoms with E-state index in [0.717, 1.165) is 11.1 Å². The van der Waals surface area contributed by atoms with Crippen LogP contribution in [0.25, 0.3) is 0 Å². The molecule has 0 radical (unpaired) electrons. The third kappa shape index (κ3) is 6.85. The molecular weight excluding hydrogens is 524 g/mol. The van der Waals surface area contributed by atoms with Crippen molar-refractivity contribution >= 4 is 0 Å². The minimum atomic E-state index is 0.351. The molecule has 43 heavy (non-hydrogen) atoms. The molecular formula is C41H48O2. The van der Waals surface area contributed by atoms with Gasteiger partial charge in [-0.15, -0.1) is 0 Å². The fraction of sp³-hybridized carbons (Fsp3) is 0.415. The molecule has 0 heterocycles. The monoisotopic (exact) mass is 572 g/mol. The zero-order chi connectivity index (χ0) is 29.8. The van der Waals surface area contributed by atoms with Crippen LogP contribution in [0.1, 0.15) is 122 Å². The Morgan fingerprint density at radius 2 is 0.977 bits per heavy atom. The van der Waals surface area contributed by atoms with Crippen LogP contribution in [0.15, 0.2) is 97.1 Å². The lowest BCUT2D eigenvalue weighted by molar-refractivity contribution is 0.286. The third-order valence-corrected chi connectivity index (χ3v) is 11.0. The molecule has 0 amide bonds. The predicted molar refractivity (Wildman–Crippen MR) is 178 cm³/mol. The maximum Gasteiger partial charge on any atom is 0.119 e. The summed E-state index contributed by atoms with van der Waals surface area (Å²) in [6, 6.07) is 34.4. The van der Waals surface area contributed by atoms with Crippen molar-refractivity contribution < 1.29 is 10.2 Å². The Morgan fingerprint density at radius 3 is 1.37 bits per heavy atom. The minimum absolute atomic E-state index is 0.351. The molecule has 2 fully saturated rings. The van der Waals surface area contributed by atoms with Gasteiger partial charge in [-0.05, 0) is 120 Å². The van der Waals surface area contributed by atoms with Gasteiger partial charge >= 0.3 is 0 Å². The second-order valence-electron chi connectivity index (χ2n) is 13.6. The molecule has 6 atom stereocenters. The van der Waals surface area contributed by atoms with Gasteiger partial charge < -0.3 is 10.2 Å². The van der Waals surface area contributed by atoms with E-state index in [2.05, 4.69) is 98.8 Å². The average molecular weight is 573 g/mol. The number of hydrogen-bond acceptors (Lipinski definition) is 2. The number of rotatable bonds is 8. The molecule has 6 unspecified atom stereocenters. The van der Waals surface area contributed by atoms with Gasteiger partial charge in [-0.25, -0.2) is 0 Å². The number of benzene rings is 4. The molecule has 224 valence electrons. The first-order valence-corrected chi connectivity index (χ1v) is 16.7. The summed E-state index contributed by atoms with van der Waals surface area (Å²) < 4.78 is 0. The largest absolute Gasteiger partial charge is 0.508 e. The van der Waals surface area contributed by atoms with Crippen molar-refractivity contribution in [2.45, 2.75) is 95.3 Å². The second-order valence-corrected chi connectivity index (χ2v) is 13.6. The Bertz CT molecular complexity index is 1360. The number of aromatic hydroxyl groups is 2. The van der Waals surface area contributed by atoms with Crippen LogP contribution in [0.3, 0.4) is 0 Å². The van der Waals surface area contributed by atoms with E-state index in [-0.39, 0.29) is 0 Å². The fourth-order valence-electron chi connectivity index (χ4n) is 8.20. The molecule has 2 nitrogen and oxygen atoms in total. The van der Waals surface area contributed by atoms with Crippen molar-refractivity contribution in [3.63, 3.8) is 0 Å². The Hall–Kier alpha value is -3.52. The van der Waals surface area contributed by atoms with Crippen molar-refractivity contribution in [2.24, 2.45) is 11.8 Å². The normalized spacial score (nSPS) is 23.9. The zero-order valence-corrected chi connectivity index (χ0v) is 26.0. The Labute approximate surface area is 258 Å². The summed E-state index contributed by atoms with van der Waals surface area (Å²) in [5.74, 6) is 4.11. The summed E-state index contributed by atoms with van der Waals surface area (Å²) in [6.07, 6.45) is 10.3. The van der Waals surface area contributed by atoms with Crippen LogP contribution >= 0.6 is 0 Å². The second kappa shape index (κ2) is 13.4. The van der Waals surface area contributed by atoms with E-state index < -0.39 is 0 Å². The highest BCUT2D eigenvalue weighted by molar-refractivity contribution is 5.46. The SMILES string of the molecule is CC(c1ccccc1)C1CCCC(c2ccc(Cc3ccc(C4CCCC(C(C)c5ccccc5)C4)cc3O)c(O)c2)C1. The van der Waals surface area contributed by atoms with Crippen molar-refractivity contribution in [2.75, 3.05) is 0 Å². The van der Waals surface area contributed by atoms with Crippen molar-refractivity contribution in [1.29, 1.82) is 0 Å². The van der Waals surface area contributed by atoms with Gasteiger partial charge in [-0.3, -0.25) is 0 Å². The van der Waals surface area contributed by atoms with E-state index >= 15 is 0 Å². The molecule has 2 aliphatic rings. The van der Waals surface area contributed by atoms with Crippen LogP contribution in [0.5, 0.6) is 11.5 Å². The standard InChI is InChI=1S/C41H48O2/c1-28(30-11-5-3-6-12-30)32-15-9-17-34(23-32)36-19-21-38(40(42)26-36)25-39-22-20-37(27-41(39)43)35-18-10-16-33(24-35)29(2)31-13-7-4-8-14-31/h3-8,11-14,19-22,26-29,32-35,42-43H,9-10,15-18,23-25H2,1-2H3. The van der Waals surface area contributed by atoms with Gasteiger partial charge in [0.1, 0.15) is 11.5 Å². The van der Waals surface area contributed by atoms with E-state index in [9.17, 15) is 10.2 Å². The van der Waals surface area contributed by atoms with Crippen LogP contribution < -0.4 is 0 Å². The van der Waals surface area contributed by atoms with Gasteiger partial charge in [0, 0.05) is 6.42 Å². The van der Waals surface area contributed by atoms with Crippen molar-refractivity contribution in [3.8, 4) is 11.5 Å². The molecule has 0 saturated heterocycles. The van der Waals surface area contributed by atoms with Gasteiger partial charge in [0.25, 0.3) is 0 Å². The highest BCUT2D eigenvalue weighted by Gasteiger charge is 2.29. The lowest BCUT2D eigenvalue weighted by atomic mass is 9.71. The van der Waals surface area contributed by atoms with Crippen molar-refractivity contribution in [1.82, 2.24) is 0 Å². The summed E-state index contributed by atoms with van der Waals surface area (Å²) in [6.45, 7) is 4.75. The Morgan fingerprint density at radius 1 is 0.558 bits per heavy atom. The van der Waals surface area contributed by atoms with Crippen molar-refractivity contribution in [3.05, 3.63) is 130 Å². The third-order valence-electron chi connectivity index (χ3n) is 11.0. The zero-order valence-electron chi connectivity index (χ0n) is 26.0. The summed E-state index contributed by atoms with van der Waals surface area (Å²) in [4.78, 5) is 0. The molecule has 0 aliphatic heterocycles. The number of phenols is 2. The molecule has 2 N–H and O–H groups in total. The van der Waals surface area contributed by atoms with Crippen LogP contribution in [0, 0.1) is 11.8 Å². The molecule has 6 rings (SSSR count). The number of hydrogen-bond donors (Lipinski definition) is 2. The summed E-state index contributed by atoms with van der Waals surface area (Å²) in [5.41, 5.74) is 7.13. The maximum atomic E-state index is 11.1. The molecule has 4 aromatic carbocycles. The maximum absolute atomic E-state index is 11.1. The van der Waals surface area contributed by atoms with Crippen LogP contribution in [-0.2, 0) is 6.42 Å². The van der Waals surface area contributed by atoms with Crippen LogP contribution in [0.2, 0.25) is 0 Å². The van der Waals surface area contributed by atoms with Gasteiger partial charge in [0.2, 0.25) is 0 Å². The number of phenolic OH excluding ortho intramolecular Hbond substituents is 2. The van der Waals surface area contributed by atoms with Gasteiger partial charge in [-0.1, -0.05) is 112 Å². The van der Waals surface area contributed by atoms with Gasteiger partial charge in [0.15, 0.2) is 0 Å². The van der Waals surface area contributed by atoms with E-state index in [4.69, 9.17) is 0 Å². The average Bonchev–Trinajstić information content (AvgIpc) is 3.06. The van der Waals surface area contributed by atoms with Crippen LogP contribution in [-0.4, -0.2) is 10.2 Å². The van der Waals surface area contributed by atoms with E-state index in [0.29, 0.717) is 53.4 Å². The molecule has 4 aromatic rings. The molecule has 0 bridgehead atoms. The predicted octanol–water partition coefficient (Wildman–Crippen LogP) is 10.8. The van der Waals surface area contributed by atoms with E-state index in [1.807, 2.05) is 12.1 Å². The summed E-state index contributed by atoms with van der Waals surface area (Å²) in [5, 5.41) is 22.2. The first kappa shape index (κ1) is 29.5. The Kier molecular flexibility index (Phi) is 9.22. The summed E-state index contributed by atoms with van der Waals surface area (Å²) >= 11 is 0.